The second-order valence-corrected chi connectivity index (χ2v) is 8.68. The fourth-order valence-corrected chi connectivity index (χ4v) is 3.95. The van der Waals surface area contributed by atoms with Crippen molar-refractivity contribution in [2.24, 2.45) is 15.3 Å². The molecule has 2 aliphatic rings. The summed E-state index contributed by atoms with van der Waals surface area (Å²) in [6, 6.07) is 16.6. The van der Waals surface area contributed by atoms with Crippen LogP contribution in [0, 0.1) is 0 Å². The summed E-state index contributed by atoms with van der Waals surface area (Å²) in [6.45, 7) is 0.307. The van der Waals surface area contributed by atoms with E-state index in [-0.39, 0.29) is 12.5 Å². The third kappa shape index (κ3) is 4.98. The molecule has 3 aromatic rings. The third-order valence-corrected chi connectivity index (χ3v) is 5.89. The lowest BCUT2D eigenvalue weighted by molar-refractivity contribution is -0.141. The number of alkyl halides is 3. The van der Waals surface area contributed by atoms with E-state index >= 15 is 0 Å². The summed E-state index contributed by atoms with van der Waals surface area (Å²) >= 11 is 12.2. The molecule has 0 N–H and O–H groups in total. The summed E-state index contributed by atoms with van der Waals surface area (Å²) in [5, 5.41) is 15.8. The van der Waals surface area contributed by atoms with Gasteiger partial charge in [0.05, 0.1) is 12.1 Å². The van der Waals surface area contributed by atoms with Crippen molar-refractivity contribution in [2.75, 3.05) is 6.54 Å². The van der Waals surface area contributed by atoms with E-state index in [0.717, 1.165) is 23.4 Å². The van der Waals surface area contributed by atoms with Gasteiger partial charge in [-0.15, -0.1) is 10.2 Å². The Hall–Kier alpha value is -3.69. The molecule has 0 amide bonds. The van der Waals surface area contributed by atoms with Gasteiger partial charge in [-0.2, -0.15) is 18.3 Å². The second kappa shape index (κ2) is 9.75. The van der Waals surface area contributed by atoms with E-state index < -0.39 is 11.9 Å². The van der Waals surface area contributed by atoms with Crippen molar-refractivity contribution in [3.8, 4) is 0 Å². The molecule has 0 aliphatic carbocycles. The van der Waals surface area contributed by atoms with Crippen LogP contribution >= 0.6 is 23.2 Å². The molecule has 2 aromatic carbocycles. The maximum Gasteiger partial charge on any atom is 0.433 e. The lowest BCUT2D eigenvalue weighted by Crippen LogP contribution is -2.37. The van der Waals surface area contributed by atoms with E-state index in [1.165, 1.54) is 6.07 Å². The molecule has 0 bridgehead atoms. The summed E-state index contributed by atoms with van der Waals surface area (Å²) in [4.78, 5) is 3.51. The van der Waals surface area contributed by atoms with Crippen LogP contribution in [0.25, 0.3) is 11.1 Å². The Morgan fingerprint density at radius 3 is 2.08 bits per heavy atom. The van der Waals surface area contributed by atoms with E-state index in [2.05, 4.69) is 20.3 Å². The van der Waals surface area contributed by atoms with Gasteiger partial charge in [-0.05, 0) is 41.5 Å². The minimum absolute atomic E-state index is 0.0522. The molecule has 182 valence electrons. The number of halogens is 5. The monoisotopic (exact) mass is 529 g/mol. The van der Waals surface area contributed by atoms with Gasteiger partial charge in [0, 0.05) is 33.6 Å². The summed E-state index contributed by atoms with van der Waals surface area (Å²) in [5.41, 5.74) is 2.38. The molecule has 0 spiro atoms. The van der Waals surface area contributed by atoms with Crippen molar-refractivity contribution >= 4 is 52.3 Å². The number of pyridine rings is 1. The van der Waals surface area contributed by atoms with Crippen LogP contribution in [0.1, 0.15) is 22.4 Å². The molecule has 0 saturated heterocycles. The van der Waals surface area contributed by atoms with Gasteiger partial charge < -0.3 is 4.74 Å². The van der Waals surface area contributed by atoms with Crippen LogP contribution in [0.2, 0.25) is 10.0 Å². The van der Waals surface area contributed by atoms with Gasteiger partial charge in [0.1, 0.15) is 12.3 Å². The Labute approximate surface area is 214 Å². The molecule has 6 nitrogen and oxygen atoms in total. The maximum atomic E-state index is 12.9. The highest BCUT2D eigenvalue weighted by molar-refractivity contribution is 6.43. The fraction of sp³-hybridized carbons (Fsp3) is 0.120. The highest BCUT2D eigenvalue weighted by Gasteiger charge is 2.33. The van der Waals surface area contributed by atoms with Crippen molar-refractivity contribution in [2.45, 2.75) is 12.8 Å². The zero-order chi connectivity index (χ0) is 25.3. The molecule has 36 heavy (non-hydrogen) atoms. The normalized spacial score (nSPS) is 15.4. The average Bonchev–Trinajstić information content (AvgIpc) is 2.87. The van der Waals surface area contributed by atoms with Crippen LogP contribution < -0.4 is 0 Å². The highest BCUT2D eigenvalue weighted by atomic mass is 35.5. The second-order valence-electron chi connectivity index (χ2n) is 7.81. The summed E-state index contributed by atoms with van der Waals surface area (Å²) in [6.07, 6.45) is -1.77. The Bertz CT molecular complexity index is 1400. The molecule has 11 heteroatoms. The van der Waals surface area contributed by atoms with E-state index in [4.69, 9.17) is 27.9 Å². The Balaban J connectivity index is 1.59. The molecule has 0 unspecified atom stereocenters. The maximum absolute atomic E-state index is 12.9. The topological polar surface area (TPSA) is 62.4 Å². The van der Waals surface area contributed by atoms with Crippen LogP contribution in [0.15, 0.2) is 82.2 Å². The van der Waals surface area contributed by atoms with E-state index in [1.54, 1.807) is 35.5 Å². The Morgan fingerprint density at radius 1 is 0.861 bits per heavy atom. The minimum Gasteiger partial charge on any atom is -0.471 e. The number of hydrogen-bond donors (Lipinski definition) is 0. The van der Waals surface area contributed by atoms with Crippen molar-refractivity contribution < 1.29 is 17.9 Å². The number of hydrogen-bond acceptors (Lipinski definition) is 6. The first-order valence-electron chi connectivity index (χ1n) is 10.7. The van der Waals surface area contributed by atoms with Gasteiger partial charge in [0.2, 0.25) is 5.90 Å². The number of ether oxygens (including phenoxy) is 1. The molecule has 0 atom stereocenters. The van der Waals surface area contributed by atoms with Gasteiger partial charge in [-0.3, -0.25) is 4.98 Å². The number of rotatable bonds is 4. The molecule has 1 aromatic heterocycles. The number of benzene rings is 2. The molecular weight excluding hydrogens is 514 g/mol. The summed E-state index contributed by atoms with van der Waals surface area (Å²) in [7, 11) is 0. The number of fused-ring (bicyclic) bond motifs is 1. The Morgan fingerprint density at radius 2 is 1.50 bits per heavy atom. The largest absolute Gasteiger partial charge is 0.471 e. The SMILES string of the molecule is FC(F)(F)c1ccc(COC2=NN3CC=NN=C3C(c3ccc(Cl)cc3)=C2c2ccc(Cl)cc2)cn1. The standard InChI is InChI=1S/C25H16Cl2F3N5O/c26-18-6-2-16(3-7-18)21-22(17-4-8-19(27)9-5-17)24(34-35-12-11-32-33-23(21)35)36-14-15-1-10-20(31-13-15)25(28,29)30/h1-11,13H,12,14H2. The summed E-state index contributed by atoms with van der Waals surface area (Å²) in [5.74, 6) is 0.782. The molecule has 0 fully saturated rings. The van der Waals surface area contributed by atoms with Crippen LogP contribution in [-0.4, -0.2) is 34.5 Å². The van der Waals surface area contributed by atoms with Crippen molar-refractivity contribution in [1.82, 2.24) is 9.99 Å². The van der Waals surface area contributed by atoms with Gasteiger partial charge in [0.25, 0.3) is 0 Å². The van der Waals surface area contributed by atoms with E-state index in [0.29, 0.717) is 39.1 Å². The summed E-state index contributed by atoms with van der Waals surface area (Å²) < 4.78 is 44.7. The first kappa shape index (κ1) is 24.0. The van der Waals surface area contributed by atoms with Gasteiger partial charge >= 0.3 is 6.18 Å². The molecule has 0 radical (unpaired) electrons. The molecular formula is C25H16Cl2F3N5O. The highest BCUT2D eigenvalue weighted by Crippen LogP contribution is 2.36. The number of nitrogens with zero attached hydrogens (tertiary/aromatic N) is 5. The van der Waals surface area contributed by atoms with Crippen molar-refractivity contribution in [1.29, 1.82) is 0 Å². The predicted molar refractivity (Wildman–Crippen MR) is 134 cm³/mol. The Kier molecular flexibility index (Phi) is 6.51. The fourth-order valence-electron chi connectivity index (χ4n) is 3.70. The first-order chi connectivity index (χ1) is 17.3. The lowest BCUT2D eigenvalue weighted by atomic mass is 9.92. The molecule has 5 rings (SSSR count). The van der Waals surface area contributed by atoms with Crippen LogP contribution in [0.3, 0.4) is 0 Å². The molecule has 3 heterocycles. The average molecular weight is 530 g/mol. The van der Waals surface area contributed by atoms with Crippen LogP contribution in [0.5, 0.6) is 0 Å². The predicted octanol–water partition coefficient (Wildman–Crippen LogP) is 6.56. The molecule has 0 saturated carbocycles. The van der Waals surface area contributed by atoms with E-state index in [1.807, 2.05) is 24.3 Å². The van der Waals surface area contributed by atoms with Gasteiger partial charge in [-0.1, -0.05) is 53.5 Å². The quantitative estimate of drug-likeness (QED) is 0.384. The first-order valence-corrected chi connectivity index (χ1v) is 11.4. The minimum atomic E-state index is -4.52. The van der Waals surface area contributed by atoms with Crippen molar-refractivity contribution in [3.05, 3.63) is 99.3 Å². The smallest absolute Gasteiger partial charge is 0.433 e. The molecule has 2 aliphatic heterocycles. The lowest BCUT2D eigenvalue weighted by Gasteiger charge is -2.30. The van der Waals surface area contributed by atoms with Gasteiger partial charge in [0.15, 0.2) is 5.84 Å². The van der Waals surface area contributed by atoms with E-state index in [9.17, 15) is 13.2 Å². The number of amidine groups is 1. The van der Waals surface area contributed by atoms with Crippen molar-refractivity contribution in [3.63, 3.8) is 0 Å². The van der Waals surface area contributed by atoms with Crippen LogP contribution in [-0.2, 0) is 17.5 Å². The number of hydrazone groups is 1. The number of aromatic nitrogens is 1. The zero-order valence-corrected chi connectivity index (χ0v) is 19.9. The van der Waals surface area contributed by atoms with Crippen LogP contribution in [0.4, 0.5) is 13.2 Å². The third-order valence-electron chi connectivity index (χ3n) is 5.39. The zero-order valence-electron chi connectivity index (χ0n) is 18.4. The van der Waals surface area contributed by atoms with Gasteiger partial charge in [-0.25, -0.2) is 5.01 Å².